The van der Waals surface area contributed by atoms with Crippen molar-refractivity contribution in [3.63, 3.8) is 0 Å². The summed E-state index contributed by atoms with van der Waals surface area (Å²) in [5, 5.41) is 4.00. The number of carbonyl (C=O) groups is 1. The van der Waals surface area contributed by atoms with Gasteiger partial charge in [0, 0.05) is 24.3 Å². The molecule has 2 heterocycles. The third-order valence-corrected chi connectivity index (χ3v) is 2.49. The van der Waals surface area contributed by atoms with Gasteiger partial charge in [-0.1, -0.05) is 0 Å². The van der Waals surface area contributed by atoms with Crippen LogP contribution < -0.4 is 5.32 Å². The smallest absolute Gasteiger partial charge is 0.341 e. The molecule has 0 unspecified atom stereocenters. The van der Waals surface area contributed by atoms with Crippen molar-refractivity contribution in [2.45, 2.75) is 13.8 Å². The number of pyridine rings is 2. The molecule has 0 saturated carbocycles. The van der Waals surface area contributed by atoms with Crippen LogP contribution in [-0.4, -0.2) is 29.1 Å². The Morgan fingerprint density at radius 3 is 2.94 bits per heavy atom. The Balaban J connectivity index is 2.58. The predicted octanol–water partition coefficient (Wildman–Crippen LogP) is 2.24. The molecule has 0 spiro atoms. The summed E-state index contributed by atoms with van der Waals surface area (Å²) in [5.74, 6) is -0.369. The van der Waals surface area contributed by atoms with Gasteiger partial charge in [0.05, 0.1) is 12.3 Å². The van der Waals surface area contributed by atoms with Crippen LogP contribution >= 0.6 is 0 Å². The molecule has 0 aliphatic heterocycles. The van der Waals surface area contributed by atoms with Crippen molar-refractivity contribution in [3.05, 3.63) is 30.1 Å². The number of nitrogens with one attached hydrogen (secondary N) is 1. The zero-order valence-corrected chi connectivity index (χ0v) is 10.4. The van der Waals surface area contributed by atoms with E-state index < -0.39 is 0 Å². The molecule has 0 amide bonds. The summed E-state index contributed by atoms with van der Waals surface area (Å²) in [5.41, 5.74) is 1.79. The Labute approximate surface area is 105 Å². The van der Waals surface area contributed by atoms with E-state index in [4.69, 9.17) is 4.74 Å². The molecule has 1 N–H and O–H groups in total. The number of hydrogen-bond acceptors (Lipinski definition) is 5. The van der Waals surface area contributed by atoms with Gasteiger partial charge in [-0.3, -0.25) is 0 Å². The molecular weight excluding hydrogens is 230 g/mol. The summed E-state index contributed by atoms with van der Waals surface area (Å²) < 4.78 is 5.02. The van der Waals surface area contributed by atoms with Crippen LogP contribution in [0.2, 0.25) is 0 Å². The summed E-state index contributed by atoms with van der Waals surface area (Å²) in [6, 6.07) is 3.70. The highest BCUT2D eigenvalue weighted by Gasteiger charge is 2.16. The molecule has 18 heavy (non-hydrogen) atoms. The Hall–Kier alpha value is -2.17. The summed E-state index contributed by atoms with van der Waals surface area (Å²) in [7, 11) is 0. The second-order valence-electron chi connectivity index (χ2n) is 3.67. The summed E-state index contributed by atoms with van der Waals surface area (Å²) in [4.78, 5) is 20.2. The maximum Gasteiger partial charge on any atom is 0.341 e. The second kappa shape index (κ2) is 5.44. The molecule has 0 fully saturated rings. The number of esters is 1. The first kappa shape index (κ1) is 12.3. The van der Waals surface area contributed by atoms with Crippen LogP contribution in [0.3, 0.4) is 0 Å². The molecule has 0 atom stereocenters. The molecule has 0 aromatic carbocycles. The lowest BCUT2D eigenvalue weighted by Gasteiger charge is -2.11. The van der Waals surface area contributed by atoms with Gasteiger partial charge in [0.15, 0.2) is 5.65 Å². The van der Waals surface area contributed by atoms with Crippen LogP contribution in [0.5, 0.6) is 0 Å². The van der Waals surface area contributed by atoms with Crippen molar-refractivity contribution < 1.29 is 9.53 Å². The number of ether oxygens (including phenoxy) is 1. The number of fused-ring (bicyclic) bond motifs is 1. The van der Waals surface area contributed by atoms with Crippen molar-refractivity contribution >= 4 is 22.7 Å². The normalized spacial score (nSPS) is 10.3. The van der Waals surface area contributed by atoms with Crippen LogP contribution in [0, 0.1) is 0 Å². The Bertz CT molecular complexity index is 569. The maximum absolute atomic E-state index is 11.9. The van der Waals surface area contributed by atoms with E-state index in [0.717, 1.165) is 11.1 Å². The molecule has 2 aromatic rings. The highest BCUT2D eigenvalue weighted by molar-refractivity contribution is 6.04. The number of aromatic nitrogens is 2. The minimum atomic E-state index is -0.369. The number of nitrogens with zero attached hydrogens (tertiary/aromatic N) is 2. The zero-order valence-electron chi connectivity index (χ0n) is 10.4. The molecule has 2 rings (SSSR count). The lowest BCUT2D eigenvalue weighted by atomic mass is 10.1. The van der Waals surface area contributed by atoms with E-state index in [1.165, 1.54) is 6.20 Å². The lowest BCUT2D eigenvalue weighted by Crippen LogP contribution is -2.11. The minimum absolute atomic E-state index is 0.343. The van der Waals surface area contributed by atoms with Crippen LogP contribution in [0.15, 0.2) is 24.5 Å². The molecule has 0 aliphatic carbocycles. The molecular formula is C13H15N3O2. The summed E-state index contributed by atoms with van der Waals surface area (Å²) in [6.45, 7) is 4.80. The van der Waals surface area contributed by atoms with Crippen LogP contribution in [-0.2, 0) is 4.74 Å². The fraction of sp³-hybridized carbons (Fsp3) is 0.308. The molecule has 0 saturated heterocycles. The third-order valence-electron chi connectivity index (χ3n) is 2.49. The van der Waals surface area contributed by atoms with Gasteiger partial charge in [-0.05, 0) is 26.0 Å². The van der Waals surface area contributed by atoms with Gasteiger partial charge in [0.25, 0.3) is 0 Å². The molecule has 5 heteroatoms. The highest BCUT2D eigenvalue weighted by atomic mass is 16.5. The highest BCUT2D eigenvalue weighted by Crippen LogP contribution is 2.25. The topological polar surface area (TPSA) is 64.1 Å². The Kier molecular flexibility index (Phi) is 3.72. The monoisotopic (exact) mass is 245 g/mol. The van der Waals surface area contributed by atoms with E-state index in [1.807, 2.05) is 19.1 Å². The molecule has 0 aliphatic rings. The van der Waals surface area contributed by atoms with Crippen molar-refractivity contribution in [2.24, 2.45) is 0 Å². The van der Waals surface area contributed by atoms with E-state index in [-0.39, 0.29) is 5.97 Å². The number of hydrogen-bond donors (Lipinski definition) is 1. The van der Waals surface area contributed by atoms with Crippen LogP contribution in [0.4, 0.5) is 5.69 Å². The van der Waals surface area contributed by atoms with E-state index in [9.17, 15) is 4.79 Å². The first-order valence-electron chi connectivity index (χ1n) is 5.92. The molecule has 0 bridgehead atoms. The average Bonchev–Trinajstić information content (AvgIpc) is 2.39. The van der Waals surface area contributed by atoms with Crippen LogP contribution in [0.1, 0.15) is 24.2 Å². The zero-order chi connectivity index (χ0) is 13.0. The first-order chi connectivity index (χ1) is 8.77. The summed E-state index contributed by atoms with van der Waals surface area (Å²) >= 11 is 0. The van der Waals surface area contributed by atoms with Gasteiger partial charge in [0.1, 0.15) is 5.56 Å². The van der Waals surface area contributed by atoms with Gasteiger partial charge >= 0.3 is 5.97 Å². The summed E-state index contributed by atoms with van der Waals surface area (Å²) in [6.07, 6.45) is 3.18. The largest absolute Gasteiger partial charge is 0.462 e. The second-order valence-corrected chi connectivity index (χ2v) is 3.67. The SMILES string of the molecule is CCNc1c(C(=O)OCC)cnc2ncccc12. The molecule has 0 radical (unpaired) electrons. The molecule has 94 valence electrons. The van der Waals surface area contributed by atoms with E-state index in [0.29, 0.717) is 24.4 Å². The third kappa shape index (κ3) is 2.25. The maximum atomic E-state index is 11.9. The molecule has 2 aromatic heterocycles. The lowest BCUT2D eigenvalue weighted by molar-refractivity contribution is 0.0527. The van der Waals surface area contributed by atoms with Gasteiger partial charge in [-0.15, -0.1) is 0 Å². The molecule has 5 nitrogen and oxygen atoms in total. The Morgan fingerprint density at radius 2 is 2.22 bits per heavy atom. The van der Waals surface area contributed by atoms with Crippen molar-refractivity contribution in [2.75, 3.05) is 18.5 Å². The van der Waals surface area contributed by atoms with Gasteiger partial charge in [-0.25, -0.2) is 14.8 Å². The van der Waals surface area contributed by atoms with E-state index in [2.05, 4.69) is 15.3 Å². The minimum Gasteiger partial charge on any atom is -0.462 e. The van der Waals surface area contributed by atoms with Crippen LogP contribution in [0.25, 0.3) is 11.0 Å². The number of rotatable bonds is 4. The number of anilines is 1. The van der Waals surface area contributed by atoms with Crippen molar-refractivity contribution in [3.8, 4) is 0 Å². The predicted molar refractivity (Wildman–Crippen MR) is 69.7 cm³/mol. The fourth-order valence-corrected chi connectivity index (χ4v) is 1.76. The van der Waals surface area contributed by atoms with E-state index >= 15 is 0 Å². The average molecular weight is 245 g/mol. The van der Waals surface area contributed by atoms with Gasteiger partial charge < -0.3 is 10.1 Å². The fourth-order valence-electron chi connectivity index (χ4n) is 1.76. The van der Waals surface area contributed by atoms with Crippen molar-refractivity contribution in [1.29, 1.82) is 0 Å². The standard InChI is InChI=1S/C13H15N3O2/c1-3-14-11-9-6-5-7-15-12(9)16-8-10(11)13(17)18-4-2/h5-8H,3-4H2,1-2H3,(H,14,15,16). The quantitative estimate of drug-likeness (QED) is 0.837. The van der Waals surface area contributed by atoms with Crippen molar-refractivity contribution in [1.82, 2.24) is 9.97 Å². The van der Waals surface area contributed by atoms with Gasteiger partial charge in [0.2, 0.25) is 0 Å². The van der Waals surface area contributed by atoms with E-state index in [1.54, 1.807) is 13.1 Å². The first-order valence-corrected chi connectivity index (χ1v) is 5.92. The van der Waals surface area contributed by atoms with Gasteiger partial charge in [-0.2, -0.15) is 0 Å². The Morgan fingerprint density at radius 1 is 1.39 bits per heavy atom. The number of carbonyl (C=O) groups excluding carboxylic acids is 1.